The van der Waals surface area contributed by atoms with Crippen LogP contribution in [0.3, 0.4) is 0 Å². The van der Waals surface area contributed by atoms with Gasteiger partial charge in [0.2, 0.25) is 0 Å². The average Bonchev–Trinajstić information content (AvgIpc) is 3.03. The highest BCUT2D eigenvalue weighted by molar-refractivity contribution is 7.11. The first-order valence-electron chi connectivity index (χ1n) is 7.73. The highest BCUT2D eigenvalue weighted by Gasteiger charge is 2.06. The second-order valence-corrected chi connectivity index (χ2v) is 6.46. The van der Waals surface area contributed by atoms with Gasteiger partial charge in [-0.15, -0.1) is 11.3 Å². The van der Waals surface area contributed by atoms with Crippen molar-refractivity contribution in [3.63, 3.8) is 0 Å². The summed E-state index contributed by atoms with van der Waals surface area (Å²) in [6.07, 6.45) is 2.79. The van der Waals surface area contributed by atoms with E-state index in [9.17, 15) is 0 Å². The van der Waals surface area contributed by atoms with Gasteiger partial charge in [0.05, 0.1) is 19.2 Å². The van der Waals surface area contributed by atoms with E-state index >= 15 is 0 Å². The van der Waals surface area contributed by atoms with E-state index in [-0.39, 0.29) is 0 Å². The number of aryl methyl sites for hydroxylation is 1. The number of nitrogens with zero attached hydrogens (tertiary/aromatic N) is 2. The molecule has 0 spiro atoms. The number of aliphatic imine (C=N–C) groups is 1. The molecule has 2 aromatic rings. The van der Waals surface area contributed by atoms with E-state index in [4.69, 9.17) is 9.47 Å². The van der Waals surface area contributed by atoms with Crippen LogP contribution in [0.4, 0.5) is 0 Å². The molecule has 0 amide bonds. The Kier molecular flexibility index (Phi) is 6.87. The Bertz CT molecular complexity index is 685. The Labute approximate surface area is 146 Å². The maximum Gasteiger partial charge on any atom is 0.191 e. The van der Waals surface area contributed by atoms with Gasteiger partial charge in [0.15, 0.2) is 5.96 Å². The van der Waals surface area contributed by atoms with Gasteiger partial charge in [-0.25, -0.2) is 4.98 Å². The molecule has 0 saturated heterocycles. The van der Waals surface area contributed by atoms with Crippen molar-refractivity contribution in [2.45, 2.75) is 19.9 Å². The fourth-order valence-corrected chi connectivity index (χ4v) is 2.99. The molecular formula is C17H24N4O2S. The summed E-state index contributed by atoms with van der Waals surface area (Å²) in [5.74, 6) is 2.31. The van der Waals surface area contributed by atoms with Crippen molar-refractivity contribution in [2.75, 3.05) is 27.8 Å². The summed E-state index contributed by atoms with van der Waals surface area (Å²) in [6.45, 7) is 3.47. The predicted molar refractivity (Wildman–Crippen MR) is 98.3 cm³/mol. The lowest BCUT2D eigenvalue weighted by molar-refractivity contribution is 0.390. The summed E-state index contributed by atoms with van der Waals surface area (Å²) >= 11 is 1.73. The van der Waals surface area contributed by atoms with Crippen LogP contribution in [-0.2, 0) is 13.0 Å². The van der Waals surface area contributed by atoms with Crippen LogP contribution in [0.1, 0.15) is 15.4 Å². The summed E-state index contributed by atoms with van der Waals surface area (Å²) < 4.78 is 10.6. The van der Waals surface area contributed by atoms with Crippen LogP contribution in [-0.4, -0.2) is 38.8 Å². The minimum absolute atomic E-state index is 0.614. The van der Waals surface area contributed by atoms with Gasteiger partial charge in [0.25, 0.3) is 0 Å². The Balaban J connectivity index is 1.85. The summed E-state index contributed by atoms with van der Waals surface area (Å²) in [5, 5.41) is 7.72. The zero-order chi connectivity index (χ0) is 17.4. The van der Waals surface area contributed by atoms with E-state index in [1.54, 1.807) is 32.6 Å². The smallest absolute Gasteiger partial charge is 0.191 e. The normalized spacial score (nSPS) is 11.2. The topological polar surface area (TPSA) is 67.8 Å². The van der Waals surface area contributed by atoms with Gasteiger partial charge >= 0.3 is 0 Å². The van der Waals surface area contributed by atoms with Crippen LogP contribution in [0.5, 0.6) is 11.5 Å². The molecule has 0 saturated carbocycles. The van der Waals surface area contributed by atoms with Crippen molar-refractivity contribution < 1.29 is 9.47 Å². The molecule has 0 aliphatic heterocycles. The quantitative estimate of drug-likeness (QED) is 0.594. The largest absolute Gasteiger partial charge is 0.497 e. The molecule has 24 heavy (non-hydrogen) atoms. The van der Waals surface area contributed by atoms with E-state index < -0.39 is 0 Å². The van der Waals surface area contributed by atoms with Gasteiger partial charge in [0.1, 0.15) is 11.5 Å². The highest BCUT2D eigenvalue weighted by atomic mass is 32.1. The molecule has 0 bridgehead atoms. The van der Waals surface area contributed by atoms with Gasteiger partial charge < -0.3 is 20.1 Å². The molecule has 0 aliphatic carbocycles. The summed E-state index contributed by atoms with van der Waals surface area (Å²) in [5.41, 5.74) is 1.04. The Morgan fingerprint density at radius 2 is 2.08 bits per heavy atom. The Morgan fingerprint density at radius 1 is 1.25 bits per heavy atom. The first-order valence-corrected chi connectivity index (χ1v) is 8.54. The lowest BCUT2D eigenvalue weighted by Gasteiger charge is -2.14. The second kappa shape index (κ2) is 9.12. The zero-order valence-electron chi connectivity index (χ0n) is 14.5. The molecule has 2 N–H and O–H groups in total. The van der Waals surface area contributed by atoms with Gasteiger partial charge in [-0.2, -0.15) is 0 Å². The van der Waals surface area contributed by atoms with Crippen LogP contribution < -0.4 is 20.1 Å². The third-order valence-electron chi connectivity index (χ3n) is 3.46. The number of hydrogen-bond acceptors (Lipinski definition) is 5. The molecule has 0 fully saturated rings. The standard InChI is InChI=1S/C17H24N4O2S/c1-12-10-20-16(24-12)7-8-19-17(18-2)21-11-13-5-6-14(22-3)9-15(13)23-4/h5-6,9-10H,7-8,11H2,1-4H3,(H2,18,19,21). The highest BCUT2D eigenvalue weighted by Crippen LogP contribution is 2.24. The number of aromatic nitrogens is 1. The first-order chi connectivity index (χ1) is 11.7. The minimum Gasteiger partial charge on any atom is -0.497 e. The number of benzene rings is 1. The van der Waals surface area contributed by atoms with Gasteiger partial charge in [-0.3, -0.25) is 4.99 Å². The van der Waals surface area contributed by atoms with Crippen molar-refractivity contribution in [3.8, 4) is 11.5 Å². The molecule has 0 aliphatic rings. The van der Waals surface area contributed by atoms with Crippen molar-refractivity contribution >= 4 is 17.3 Å². The van der Waals surface area contributed by atoms with E-state index in [2.05, 4.69) is 27.5 Å². The molecule has 6 nitrogen and oxygen atoms in total. The number of ether oxygens (including phenoxy) is 2. The van der Waals surface area contributed by atoms with Crippen LogP contribution in [0.25, 0.3) is 0 Å². The summed E-state index contributed by atoms with van der Waals surface area (Å²) in [6, 6.07) is 5.77. The predicted octanol–water partition coefficient (Wildman–Crippen LogP) is 2.38. The molecule has 1 aromatic carbocycles. The van der Waals surface area contributed by atoms with Crippen LogP contribution in [0.2, 0.25) is 0 Å². The van der Waals surface area contributed by atoms with Gasteiger partial charge in [-0.05, 0) is 19.1 Å². The molecule has 1 aromatic heterocycles. The summed E-state index contributed by atoms with van der Waals surface area (Å²) in [4.78, 5) is 9.84. The lowest BCUT2D eigenvalue weighted by atomic mass is 10.2. The van der Waals surface area contributed by atoms with Crippen LogP contribution >= 0.6 is 11.3 Å². The number of nitrogens with one attached hydrogen (secondary N) is 2. The number of methoxy groups -OCH3 is 2. The molecule has 1 heterocycles. The van der Waals surface area contributed by atoms with Gasteiger partial charge in [-0.1, -0.05) is 0 Å². The third-order valence-corrected chi connectivity index (χ3v) is 4.44. The van der Waals surface area contributed by atoms with E-state index in [1.165, 1.54) is 4.88 Å². The maximum absolute atomic E-state index is 5.41. The maximum atomic E-state index is 5.41. The number of rotatable bonds is 7. The third kappa shape index (κ3) is 5.13. The molecule has 130 valence electrons. The van der Waals surface area contributed by atoms with Crippen molar-refractivity contribution in [3.05, 3.63) is 39.8 Å². The molecule has 0 unspecified atom stereocenters. The second-order valence-electron chi connectivity index (χ2n) is 5.14. The number of guanidine groups is 1. The van der Waals surface area contributed by atoms with E-state index in [0.717, 1.165) is 41.0 Å². The van der Waals surface area contributed by atoms with Crippen LogP contribution in [0.15, 0.2) is 29.4 Å². The lowest BCUT2D eigenvalue weighted by Crippen LogP contribution is -2.37. The van der Waals surface area contributed by atoms with Crippen molar-refractivity contribution in [1.29, 1.82) is 0 Å². The van der Waals surface area contributed by atoms with Crippen molar-refractivity contribution in [1.82, 2.24) is 15.6 Å². The molecule has 0 radical (unpaired) electrons. The zero-order valence-corrected chi connectivity index (χ0v) is 15.4. The fraction of sp³-hybridized carbons (Fsp3) is 0.412. The molecule has 7 heteroatoms. The molecule has 2 rings (SSSR count). The average molecular weight is 348 g/mol. The van der Waals surface area contributed by atoms with E-state index in [1.807, 2.05) is 24.4 Å². The monoisotopic (exact) mass is 348 g/mol. The van der Waals surface area contributed by atoms with Gasteiger partial charge in [0, 0.05) is 49.3 Å². The van der Waals surface area contributed by atoms with E-state index in [0.29, 0.717) is 6.54 Å². The summed E-state index contributed by atoms with van der Waals surface area (Å²) in [7, 11) is 5.05. The SMILES string of the molecule is CN=C(NCCc1ncc(C)s1)NCc1ccc(OC)cc1OC. The van der Waals surface area contributed by atoms with Crippen molar-refractivity contribution in [2.24, 2.45) is 4.99 Å². The Morgan fingerprint density at radius 3 is 2.71 bits per heavy atom. The Hall–Kier alpha value is -2.28. The fourth-order valence-electron chi connectivity index (χ4n) is 2.20. The minimum atomic E-state index is 0.614. The first kappa shape index (κ1) is 18.1. The van der Waals surface area contributed by atoms with Crippen LogP contribution in [0, 0.1) is 6.92 Å². The number of hydrogen-bond donors (Lipinski definition) is 2. The molecule has 0 atom stereocenters. The number of thiazole rings is 1. The molecular weight excluding hydrogens is 324 g/mol.